The van der Waals surface area contributed by atoms with Crippen molar-refractivity contribution in [1.29, 1.82) is 0 Å². The Labute approximate surface area is 200 Å². The SMILES string of the molecule is Cc1cc(C)c2nc(N3CCC[C@H](C(=O)NC4CCN(Cc5ccccc5)CC4)C3)sc2c1. The quantitative estimate of drug-likeness (QED) is 0.585. The molecule has 1 aromatic heterocycles. The minimum absolute atomic E-state index is 0.0518. The Morgan fingerprint density at radius 1 is 1.09 bits per heavy atom. The second-order valence-corrected chi connectivity index (χ2v) is 10.8. The molecule has 0 spiro atoms. The second-order valence-electron chi connectivity index (χ2n) is 9.75. The Bertz CT molecular complexity index is 1100. The highest BCUT2D eigenvalue weighted by Crippen LogP contribution is 2.33. The maximum Gasteiger partial charge on any atom is 0.225 e. The standard InChI is InChI=1S/C27H34N4OS/c1-19-15-20(2)25-24(16-19)33-27(29-25)31-12-6-9-22(18-31)26(32)28-23-10-13-30(14-11-23)17-21-7-4-3-5-8-21/h3-5,7-8,15-16,22-23H,6,9-14,17-18H2,1-2H3,(H,28,32)/t22-/m0/s1. The molecule has 3 aromatic rings. The van der Waals surface area contributed by atoms with E-state index in [2.05, 4.69) is 71.4 Å². The van der Waals surface area contributed by atoms with Crippen LogP contribution in [0.4, 0.5) is 5.13 Å². The van der Waals surface area contributed by atoms with Gasteiger partial charge in [0, 0.05) is 38.8 Å². The van der Waals surface area contributed by atoms with Gasteiger partial charge >= 0.3 is 0 Å². The lowest BCUT2D eigenvalue weighted by atomic mass is 9.96. The molecule has 1 amide bonds. The fourth-order valence-electron chi connectivity index (χ4n) is 5.26. The van der Waals surface area contributed by atoms with Gasteiger partial charge in [-0.15, -0.1) is 0 Å². The van der Waals surface area contributed by atoms with E-state index >= 15 is 0 Å². The number of thiazole rings is 1. The maximum atomic E-state index is 13.1. The molecule has 0 aliphatic carbocycles. The number of aromatic nitrogens is 1. The number of nitrogens with one attached hydrogen (secondary N) is 1. The second kappa shape index (κ2) is 9.82. The molecule has 0 radical (unpaired) electrons. The van der Waals surface area contributed by atoms with Crippen molar-refractivity contribution in [3.8, 4) is 0 Å². The van der Waals surface area contributed by atoms with Gasteiger partial charge in [-0.1, -0.05) is 47.7 Å². The molecule has 5 rings (SSSR count). The van der Waals surface area contributed by atoms with E-state index in [4.69, 9.17) is 4.98 Å². The fraction of sp³-hybridized carbons (Fsp3) is 0.481. The number of hydrogen-bond donors (Lipinski definition) is 1. The molecule has 5 nitrogen and oxygen atoms in total. The van der Waals surface area contributed by atoms with Crippen molar-refractivity contribution in [2.75, 3.05) is 31.1 Å². The molecule has 174 valence electrons. The molecule has 2 saturated heterocycles. The molecular formula is C27H34N4OS. The summed E-state index contributed by atoms with van der Waals surface area (Å²) in [5, 5.41) is 4.44. The molecule has 2 aliphatic rings. The molecule has 1 atom stereocenters. The minimum atomic E-state index is 0.0518. The van der Waals surface area contributed by atoms with Gasteiger partial charge in [0.25, 0.3) is 0 Å². The third-order valence-corrected chi connectivity index (χ3v) is 8.13. The number of piperidine rings is 2. The van der Waals surface area contributed by atoms with E-state index < -0.39 is 0 Å². The molecule has 2 aliphatic heterocycles. The number of likely N-dealkylation sites (tertiary alicyclic amines) is 1. The molecule has 0 unspecified atom stereocenters. The Balaban J connectivity index is 1.15. The van der Waals surface area contributed by atoms with Crippen LogP contribution in [-0.2, 0) is 11.3 Å². The predicted molar refractivity (Wildman–Crippen MR) is 137 cm³/mol. The lowest BCUT2D eigenvalue weighted by Crippen LogP contribution is -2.49. The number of amides is 1. The Kier molecular flexibility index (Phi) is 6.65. The van der Waals surface area contributed by atoms with E-state index in [1.54, 1.807) is 11.3 Å². The lowest BCUT2D eigenvalue weighted by molar-refractivity contribution is -0.126. The summed E-state index contributed by atoms with van der Waals surface area (Å²) in [6, 6.07) is 15.4. The summed E-state index contributed by atoms with van der Waals surface area (Å²) in [6.07, 6.45) is 4.08. The molecule has 0 bridgehead atoms. The summed E-state index contributed by atoms with van der Waals surface area (Å²) in [4.78, 5) is 22.9. The van der Waals surface area contributed by atoms with Crippen LogP contribution >= 0.6 is 11.3 Å². The number of fused-ring (bicyclic) bond motifs is 1. The van der Waals surface area contributed by atoms with Crippen LogP contribution in [0.5, 0.6) is 0 Å². The van der Waals surface area contributed by atoms with Crippen molar-refractivity contribution in [2.24, 2.45) is 5.92 Å². The Morgan fingerprint density at radius 2 is 1.88 bits per heavy atom. The third kappa shape index (κ3) is 5.22. The molecule has 2 fully saturated rings. The van der Waals surface area contributed by atoms with Crippen LogP contribution in [0.2, 0.25) is 0 Å². The first-order valence-corrected chi connectivity index (χ1v) is 13.1. The van der Waals surface area contributed by atoms with E-state index in [1.807, 2.05) is 0 Å². The molecular weight excluding hydrogens is 428 g/mol. The van der Waals surface area contributed by atoms with Crippen LogP contribution < -0.4 is 10.2 Å². The number of benzene rings is 2. The highest BCUT2D eigenvalue weighted by atomic mass is 32.1. The van der Waals surface area contributed by atoms with Crippen molar-refractivity contribution in [2.45, 2.75) is 52.1 Å². The van der Waals surface area contributed by atoms with E-state index in [0.29, 0.717) is 6.04 Å². The summed E-state index contributed by atoms with van der Waals surface area (Å²) in [7, 11) is 0. The first kappa shape index (κ1) is 22.4. The van der Waals surface area contributed by atoms with Crippen molar-refractivity contribution < 1.29 is 4.79 Å². The van der Waals surface area contributed by atoms with Gasteiger partial charge in [0.1, 0.15) is 0 Å². The highest BCUT2D eigenvalue weighted by molar-refractivity contribution is 7.22. The average Bonchev–Trinajstić information content (AvgIpc) is 3.26. The minimum Gasteiger partial charge on any atom is -0.353 e. The van der Waals surface area contributed by atoms with Crippen molar-refractivity contribution in [1.82, 2.24) is 15.2 Å². The van der Waals surface area contributed by atoms with Crippen LogP contribution in [0.3, 0.4) is 0 Å². The van der Waals surface area contributed by atoms with Gasteiger partial charge in [0.15, 0.2) is 5.13 Å². The van der Waals surface area contributed by atoms with Crippen LogP contribution in [0.1, 0.15) is 42.4 Å². The average molecular weight is 463 g/mol. The Hall–Kier alpha value is -2.44. The summed E-state index contributed by atoms with van der Waals surface area (Å²) < 4.78 is 1.25. The molecule has 0 saturated carbocycles. The van der Waals surface area contributed by atoms with E-state index in [1.165, 1.54) is 21.4 Å². The van der Waals surface area contributed by atoms with Gasteiger partial charge in [-0.05, 0) is 62.3 Å². The monoisotopic (exact) mass is 462 g/mol. The van der Waals surface area contributed by atoms with Crippen LogP contribution in [0.25, 0.3) is 10.2 Å². The molecule has 3 heterocycles. The predicted octanol–water partition coefficient (Wildman–Crippen LogP) is 4.91. The summed E-state index contributed by atoms with van der Waals surface area (Å²) in [6.45, 7) is 9.12. The van der Waals surface area contributed by atoms with Gasteiger partial charge in [0.05, 0.1) is 16.1 Å². The van der Waals surface area contributed by atoms with E-state index in [9.17, 15) is 4.79 Å². The smallest absolute Gasteiger partial charge is 0.225 e. The number of carbonyl (C=O) groups is 1. The topological polar surface area (TPSA) is 48.5 Å². The van der Waals surface area contributed by atoms with Gasteiger partial charge < -0.3 is 10.2 Å². The molecule has 6 heteroatoms. The number of hydrogen-bond acceptors (Lipinski definition) is 5. The number of rotatable bonds is 5. The first-order chi connectivity index (χ1) is 16.0. The third-order valence-electron chi connectivity index (χ3n) is 7.06. The van der Waals surface area contributed by atoms with Crippen molar-refractivity contribution in [3.63, 3.8) is 0 Å². The number of anilines is 1. The Morgan fingerprint density at radius 3 is 2.67 bits per heavy atom. The fourth-order valence-corrected chi connectivity index (χ4v) is 6.43. The normalized spacial score (nSPS) is 20.3. The largest absolute Gasteiger partial charge is 0.353 e. The van der Waals surface area contributed by atoms with Gasteiger partial charge in [-0.3, -0.25) is 9.69 Å². The number of carbonyl (C=O) groups excluding carboxylic acids is 1. The molecule has 33 heavy (non-hydrogen) atoms. The van der Waals surface area contributed by atoms with Gasteiger partial charge in [-0.25, -0.2) is 4.98 Å². The zero-order valence-corrected chi connectivity index (χ0v) is 20.5. The number of nitrogens with zero attached hydrogens (tertiary/aromatic N) is 3. The molecule has 1 N–H and O–H groups in total. The van der Waals surface area contributed by atoms with Crippen LogP contribution in [-0.4, -0.2) is 48.0 Å². The zero-order valence-electron chi connectivity index (χ0n) is 19.7. The van der Waals surface area contributed by atoms with Gasteiger partial charge in [0.2, 0.25) is 5.91 Å². The molecule has 2 aromatic carbocycles. The van der Waals surface area contributed by atoms with Crippen molar-refractivity contribution >= 4 is 32.6 Å². The summed E-state index contributed by atoms with van der Waals surface area (Å²) >= 11 is 1.76. The zero-order chi connectivity index (χ0) is 22.8. The van der Waals surface area contributed by atoms with E-state index in [-0.39, 0.29) is 11.8 Å². The highest BCUT2D eigenvalue weighted by Gasteiger charge is 2.30. The van der Waals surface area contributed by atoms with Crippen molar-refractivity contribution in [3.05, 3.63) is 59.2 Å². The van der Waals surface area contributed by atoms with E-state index in [0.717, 1.165) is 69.1 Å². The maximum absolute atomic E-state index is 13.1. The van der Waals surface area contributed by atoms with Gasteiger partial charge in [-0.2, -0.15) is 0 Å². The van der Waals surface area contributed by atoms with Crippen LogP contribution in [0.15, 0.2) is 42.5 Å². The summed E-state index contributed by atoms with van der Waals surface area (Å²) in [5.41, 5.74) is 4.98. The first-order valence-electron chi connectivity index (χ1n) is 12.2. The lowest BCUT2D eigenvalue weighted by Gasteiger charge is -2.35. The summed E-state index contributed by atoms with van der Waals surface area (Å²) in [5.74, 6) is 0.283. The number of aryl methyl sites for hydroxylation is 2. The van der Waals surface area contributed by atoms with Crippen LogP contribution in [0, 0.1) is 19.8 Å².